The van der Waals surface area contributed by atoms with Crippen LogP contribution in [-0.2, 0) is 135 Å². The Morgan fingerprint density at radius 3 is 1.30 bits per heavy atom. The van der Waals surface area contributed by atoms with Crippen LogP contribution in [0.2, 0.25) is 0 Å². The van der Waals surface area contributed by atoms with Crippen LogP contribution < -0.4 is 17.2 Å². The molecular formula is C32H53N3O41S5. The maximum atomic E-state index is 13.1. The third-order valence-corrected chi connectivity index (χ3v) is 14.2. The van der Waals surface area contributed by atoms with E-state index in [1.54, 1.807) is 0 Å². The van der Waals surface area contributed by atoms with Crippen LogP contribution in [0.3, 0.4) is 0 Å². The van der Waals surface area contributed by atoms with Crippen LogP contribution in [0.15, 0.2) is 0 Å². The second-order valence-corrected chi connectivity index (χ2v) is 22.8. The predicted octanol–water partition coefficient (Wildman–Crippen LogP) is -12.5. The van der Waals surface area contributed by atoms with E-state index in [4.69, 9.17) is 73.7 Å². The molecule has 0 saturated carbocycles. The summed E-state index contributed by atoms with van der Waals surface area (Å²) >= 11 is 0. The number of carboxylic acids is 2. The molecule has 25 atom stereocenters. The highest BCUT2D eigenvalue weighted by Crippen LogP contribution is 2.38. The van der Waals surface area contributed by atoms with Crippen LogP contribution >= 0.6 is 0 Å². The number of Topliss-reactive ketones (excluding diaryl/α,β-unsaturated/α-hetero) is 1. The first-order chi connectivity index (χ1) is 37.0. The first kappa shape index (κ1) is 69.0. The summed E-state index contributed by atoms with van der Waals surface area (Å²) in [6, 6.07) is -6.25. The number of carbonyl (C=O) groups is 3. The number of methoxy groups -OCH3 is 1. The van der Waals surface area contributed by atoms with Crippen molar-refractivity contribution in [3.8, 4) is 0 Å². The minimum absolute atomic E-state index is 0.975. The molecule has 5 heterocycles. The fraction of sp³-hybridized carbons (Fsp3) is 0.906. The molecule has 0 radical (unpaired) electrons. The van der Waals surface area contributed by atoms with Crippen molar-refractivity contribution in [2.45, 2.75) is 153 Å². The summed E-state index contributed by atoms with van der Waals surface area (Å²) < 4.78 is 241. The Morgan fingerprint density at radius 1 is 0.407 bits per heavy atom. The summed E-state index contributed by atoms with van der Waals surface area (Å²) in [6.45, 7) is -4.33. The molecule has 472 valence electrons. The van der Waals surface area contributed by atoms with Crippen molar-refractivity contribution in [2.75, 3.05) is 26.9 Å². The molecule has 5 fully saturated rings. The monoisotopic (exact) mass is 1300 g/mol. The Morgan fingerprint density at radius 2 is 0.815 bits per heavy atom. The van der Waals surface area contributed by atoms with Crippen LogP contribution in [-0.4, -0.2) is 304 Å². The Labute approximate surface area is 454 Å². The van der Waals surface area contributed by atoms with Gasteiger partial charge in [0.25, 0.3) is 5.78 Å². The molecule has 5 aliphatic rings. The molecule has 0 spiro atoms. The van der Waals surface area contributed by atoms with Gasteiger partial charge in [-0.25, -0.2) is 30.5 Å². The van der Waals surface area contributed by atoms with Crippen molar-refractivity contribution in [3.63, 3.8) is 0 Å². The highest BCUT2D eigenvalue weighted by molar-refractivity contribution is 7.81. The van der Waals surface area contributed by atoms with Gasteiger partial charge in [0, 0.05) is 7.11 Å². The second kappa shape index (κ2) is 26.9. The van der Waals surface area contributed by atoms with E-state index in [0.29, 0.717) is 0 Å². The lowest BCUT2D eigenvalue weighted by Crippen LogP contribution is -2.70. The van der Waals surface area contributed by atoms with Crippen molar-refractivity contribution in [3.05, 3.63) is 0 Å². The van der Waals surface area contributed by atoms with Crippen molar-refractivity contribution >= 4 is 69.7 Å². The van der Waals surface area contributed by atoms with Gasteiger partial charge >= 0.3 is 63.9 Å². The van der Waals surface area contributed by atoms with E-state index in [2.05, 4.69) is 20.9 Å². The van der Waals surface area contributed by atoms with E-state index < -0.39 is 243 Å². The number of nitrogens with two attached hydrogens (primary N) is 3. The smallest absolute Gasteiger partial charge is 0.397 e. The normalized spacial score (nSPS) is 41.3. The molecule has 0 aromatic heterocycles. The second-order valence-electron chi connectivity index (χ2n) is 17.4. The number of carboxylic acid groups (broad SMARTS) is 2. The van der Waals surface area contributed by atoms with Crippen LogP contribution in [0.25, 0.3) is 0 Å². The van der Waals surface area contributed by atoms with E-state index in [1.165, 1.54) is 0 Å². The van der Waals surface area contributed by atoms with Crippen molar-refractivity contribution in [1.82, 2.24) is 0 Å². The summed E-state index contributed by atoms with van der Waals surface area (Å²) in [5.41, 5.74) is 17.9. The molecule has 19 N–H and O–H groups in total. The summed E-state index contributed by atoms with van der Waals surface area (Å²) in [5.74, 6) is -6.81. The lowest BCUT2D eigenvalue weighted by atomic mass is 9.93. The Balaban J connectivity index is 1.50. The topological polar surface area (TPSA) is 701 Å². The van der Waals surface area contributed by atoms with Gasteiger partial charge in [-0.15, -0.1) is 0 Å². The maximum absolute atomic E-state index is 13.1. The van der Waals surface area contributed by atoms with Gasteiger partial charge in [-0.3, -0.25) is 27.6 Å². The summed E-state index contributed by atoms with van der Waals surface area (Å²) in [5, 5.41) is 86.2. The zero-order valence-corrected chi connectivity index (χ0v) is 44.2. The van der Waals surface area contributed by atoms with Gasteiger partial charge in [0.1, 0.15) is 85.5 Å². The van der Waals surface area contributed by atoms with Crippen LogP contribution in [0.1, 0.15) is 0 Å². The van der Waals surface area contributed by atoms with Gasteiger partial charge in [-0.05, 0) is 0 Å². The highest BCUT2D eigenvalue weighted by atomic mass is 32.3. The summed E-state index contributed by atoms with van der Waals surface area (Å²) in [4.78, 5) is 38.0. The largest absolute Gasteiger partial charge is 0.479 e. The van der Waals surface area contributed by atoms with Crippen LogP contribution in [0, 0.1) is 0 Å². The third kappa shape index (κ3) is 18.1. The molecule has 49 heteroatoms. The molecular weight excluding hydrogens is 1240 g/mol. The number of hydrogen-bond acceptors (Lipinski definition) is 37. The maximum Gasteiger partial charge on any atom is 0.397 e. The summed E-state index contributed by atoms with van der Waals surface area (Å²) in [7, 11) is -27.2. The number of hydrogen-bond donors (Lipinski definition) is 16. The van der Waals surface area contributed by atoms with Crippen molar-refractivity contribution in [2.24, 2.45) is 17.2 Å². The predicted molar refractivity (Wildman–Crippen MR) is 235 cm³/mol. The summed E-state index contributed by atoms with van der Waals surface area (Å²) in [6.07, 6.45) is -55.4. The average Bonchev–Trinajstić information content (AvgIpc) is 3.33. The molecule has 0 amide bonds. The quantitative estimate of drug-likeness (QED) is 0.0298. The molecule has 0 aromatic carbocycles. The minimum atomic E-state index is -5.99. The molecule has 10 unspecified atom stereocenters. The molecule has 5 saturated heterocycles. The number of ketones is 1. The van der Waals surface area contributed by atoms with Gasteiger partial charge in [-0.1, -0.05) is 0 Å². The number of aliphatic hydroxyl groups excluding tert-OH is 6. The van der Waals surface area contributed by atoms with Crippen LogP contribution in [0.4, 0.5) is 0 Å². The first-order valence-electron chi connectivity index (χ1n) is 22.0. The first-order valence-corrected chi connectivity index (χ1v) is 28.8. The van der Waals surface area contributed by atoms with Crippen molar-refractivity contribution in [1.29, 1.82) is 0 Å². The molecule has 0 bridgehead atoms. The lowest BCUT2D eigenvalue weighted by Gasteiger charge is -2.50. The fourth-order valence-corrected chi connectivity index (χ4v) is 10.2. The van der Waals surface area contributed by atoms with Gasteiger partial charge in [-0.2, -0.15) is 42.1 Å². The number of rotatable bonds is 25. The average molecular weight is 1300 g/mol. The van der Waals surface area contributed by atoms with Gasteiger partial charge in [0.15, 0.2) is 49.8 Å². The Hall–Kier alpha value is -2.80. The van der Waals surface area contributed by atoms with E-state index >= 15 is 0 Å². The number of aliphatic carboxylic acids is 2. The molecule has 0 aliphatic carbocycles. The molecule has 0 aromatic rings. The van der Waals surface area contributed by atoms with E-state index in [0.717, 1.165) is 7.11 Å². The Bertz CT molecular complexity index is 2780. The lowest BCUT2D eigenvalue weighted by molar-refractivity contribution is -0.371. The van der Waals surface area contributed by atoms with Gasteiger partial charge in [0.2, 0.25) is 0 Å². The number of ether oxygens (including phenoxy) is 10. The molecule has 44 nitrogen and oxygen atoms in total. The standard InChI is InChI=1S/C32H53N3O41S5/c1-62-28-9(34)13(38)18(6(67-28)3-64-78(50,51)52)69-32-24(76-81(59,60)61)16(41)22(25(74-32)27(45)46)72-30-10(35)20(75-80(56,57)58)19(7(68-30)4-65-79(53,54)55)70-31-15(40)14(39)21(23(73-31)17(42)26(43)44)71-29-8(33)12(37)11(36)5(66-29)2-63-77(47,48)49/h5-16,18-25,28-32,36-41H,2-4,33-35H2,1H3,(H,43,44)(H,45,46)(H,47,48,49)(H,50,51,52)(H,53,54,55)(H,56,57,58)(H,59,60,61)/t5?,6?,7?,8?,9?,10?,11-,12-,13-,14?,15+,16?,18-,19-,20-,21+,22+,23?,24+,25?,28+,29-,30-,31-,32-/m1/s1. The number of carbonyl (C=O) groups excluding carboxylic acids is 1. The fourth-order valence-electron chi connectivity index (χ4n) is 8.32. The van der Waals surface area contributed by atoms with Crippen LogP contribution in [0.5, 0.6) is 0 Å². The van der Waals surface area contributed by atoms with Gasteiger partial charge < -0.3 is 105 Å². The number of aliphatic hydroxyl groups is 6. The third-order valence-electron chi connectivity index (χ3n) is 11.9. The Kier molecular flexibility index (Phi) is 22.9. The van der Waals surface area contributed by atoms with Crippen molar-refractivity contribution < 1.29 is 188 Å². The highest BCUT2D eigenvalue weighted by Gasteiger charge is 2.60. The minimum Gasteiger partial charge on any atom is -0.479 e. The molecule has 5 aliphatic heterocycles. The van der Waals surface area contributed by atoms with E-state index in [9.17, 15) is 111 Å². The van der Waals surface area contributed by atoms with E-state index in [1.807, 2.05) is 0 Å². The molecule has 5 rings (SSSR count). The van der Waals surface area contributed by atoms with Gasteiger partial charge in [0.05, 0.1) is 37.9 Å². The zero-order valence-electron chi connectivity index (χ0n) is 40.1. The SMILES string of the molecule is CO[C@H]1OC(COS(=O)(=O)O)[C@@H](O[C@@H]2OC(C(=O)O)[C@@H](O[C@H]3OC(COS(=O)(=O)O)[C@@H](O[C@@H]4OC(C(=O)C(=O)O)[C@@H](O[C@H]5OC(COS(=O)(=O)O)[C@@H](O)[C@H](O)C5N)C(O)[C@@H]4O)[C@H](OS(=O)(=O)O)C3N)C(O)[C@@H]2OS(=O)(=O)O)[C@H](O)C1N. The molecule has 81 heavy (non-hydrogen) atoms. The zero-order chi connectivity index (χ0) is 61.4. The van der Waals surface area contributed by atoms with E-state index in [-0.39, 0.29) is 0 Å².